The third kappa shape index (κ3) is 1.52. The Labute approximate surface area is 90.3 Å². The summed E-state index contributed by atoms with van der Waals surface area (Å²) in [5, 5.41) is 4.14. The number of hydrazone groups is 1. The first-order chi connectivity index (χ1) is 6.93. The third-order valence-electron chi connectivity index (χ3n) is 4.27. The Bertz CT molecular complexity index is 322. The van der Waals surface area contributed by atoms with E-state index in [0.29, 0.717) is 17.3 Å². The van der Waals surface area contributed by atoms with Gasteiger partial charge >= 0.3 is 6.03 Å². The first-order valence-corrected chi connectivity index (χ1v) is 5.55. The van der Waals surface area contributed by atoms with Gasteiger partial charge in [0, 0.05) is 11.6 Å². The molecule has 84 valence electrons. The van der Waals surface area contributed by atoms with E-state index in [2.05, 4.69) is 31.3 Å². The van der Waals surface area contributed by atoms with Crippen LogP contribution in [0.4, 0.5) is 4.79 Å². The summed E-state index contributed by atoms with van der Waals surface area (Å²) >= 11 is 0. The van der Waals surface area contributed by atoms with Crippen LogP contribution in [-0.2, 0) is 0 Å². The number of nitrogens with zero attached hydrogens (tertiary/aromatic N) is 1. The number of carbonyl (C=O) groups is 1. The second-order valence-electron chi connectivity index (χ2n) is 5.48. The van der Waals surface area contributed by atoms with E-state index in [9.17, 15) is 4.79 Å². The van der Waals surface area contributed by atoms with Crippen LogP contribution in [0.3, 0.4) is 0 Å². The Morgan fingerprint density at radius 1 is 1.60 bits per heavy atom. The molecule has 0 aliphatic heterocycles. The number of nitrogens with two attached hydrogens (primary N) is 1. The molecule has 4 nitrogen and oxygen atoms in total. The van der Waals surface area contributed by atoms with Gasteiger partial charge in [0.05, 0.1) is 0 Å². The number of primary amides is 1. The molecule has 2 bridgehead atoms. The van der Waals surface area contributed by atoms with Gasteiger partial charge in [0.25, 0.3) is 0 Å². The number of rotatable bonds is 1. The van der Waals surface area contributed by atoms with Gasteiger partial charge in [-0.2, -0.15) is 5.10 Å². The second-order valence-corrected chi connectivity index (χ2v) is 5.48. The van der Waals surface area contributed by atoms with E-state index in [1.165, 1.54) is 6.42 Å². The lowest BCUT2D eigenvalue weighted by atomic mass is 9.45. The van der Waals surface area contributed by atoms with Crippen LogP contribution in [0.2, 0.25) is 0 Å². The van der Waals surface area contributed by atoms with Gasteiger partial charge in [0.15, 0.2) is 0 Å². The van der Waals surface area contributed by atoms with Crippen LogP contribution >= 0.6 is 0 Å². The Kier molecular flexibility index (Phi) is 2.24. The Hall–Kier alpha value is -1.06. The molecule has 0 unspecified atom stereocenters. The fourth-order valence-corrected chi connectivity index (χ4v) is 3.36. The average Bonchev–Trinajstić information content (AvgIpc) is 2.13. The highest BCUT2D eigenvalue weighted by molar-refractivity contribution is 5.91. The summed E-state index contributed by atoms with van der Waals surface area (Å²) in [4.78, 5) is 10.6. The van der Waals surface area contributed by atoms with Crippen molar-refractivity contribution in [2.24, 2.45) is 34.0 Å². The number of nitrogens with one attached hydrogen (secondary N) is 1. The number of fused-ring (bicyclic) bond motifs is 2. The molecule has 3 saturated carbocycles. The highest BCUT2D eigenvalue weighted by Gasteiger charge is 2.56. The summed E-state index contributed by atoms with van der Waals surface area (Å²) in [6.45, 7) is 6.85. The molecule has 0 aromatic rings. The van der Waals surface area contributed by atoms with Gasteiger partial charge in [0.2, 0.25) is 0 Å². The van der Waals surface area contributed by atoms with E-state index in [1.807, 2.05) is 0 Å². The van der Waals surface area contributed by atoms with Gasteiger partial charge in [-0.25, -0.2) is 10.2 Å². The predicted molar refractivity (Wildman–Crippen MR) is 59.3 cm³/mol. The zero-order chi connectivity index (χ0) is 11.2. The van der Waals surface area contributed by atoms with Gasteiger partial charge in [-0.15, -0.1) is 0 Å². The number of carbonyl (C=O) groups excluding carboxylic acids is 1. The van der Waals surface area contributed by atoms with Gasteiger partial charge in [-0.05, 0) is 30.1 Å². The van der Waals surface area contributed by atoms with Crippen molar-refractivity contribution in [2.75, 3.05) is 0 Å². The van der Waals surface area contributed by atoms with Crippen LogP contribution < -0.4 is 11.2 Å². The maximum absolute atomic E-state index is 10.6. The number of hydrogen-bond acceptors (Lipinski definition) is 2. The SMILES string of the molecule is C[C@@H]1C/C(=N/NC(N)=O)[C@@H]2C[C@@H]1C2(C)C. The van der Waals surface area contributed by atoms with Crippen molar-refractivity contribution >= 4 is 11.7 Å². The zero-order valence-electron chi connectivity index (χ0n) is 9.58. The first kappa shape index (κ1) is 10.5. The molecule has 0 heterocycles. The zero-order valence-corrected chi connectivity index (χ0v) is 9.58. The molecule has 2 amide bonds. The standard InChI is InChI=1S/C11H19N3O/c1-6-4-9(13-14-10(12)15)8-5-7(6)11(8,2)3/h6-8H,4-5H2,1-3H3,(H3,12,14,15)/b13-9-/t6-,7+,8+/m1/s1. The summed E-state index contributed by atoms with van der Waals surface area (Å²) in [5.41, 5.74) is 8.83. The van der Waals surface area contributed by atoms with Crippen molar-refractivity contribution in [1.29, 1.82) is 0 Å². The largest absolute Gasteiger partial charge is 0.350 e. The molecular formula is C11H19N3O. The molecule has 0 radical (unpaired) electrons. The molecule has 4 heteroatoms. The number of hydrogen-bond donors (Lipinski definition) is 2. The van der Waals surface area contributed by atoms with E-state index < -0.39 is 6.03 Å². The van der Waals surface area contributed by atoms with Crippen LogP contribution in [0.1, 0.15) is 33.6 Å². The monoisotopic (exact) mass is 209 g/mol. The molecule has 3 atom stereocenters. The van der Waals surface area contributed by atoms with E-state index in [1.54, 1.807) is 0 Å². The maximum Gasteiger partial charge on any atom is 0.332 e. The van der Waals surface area contributed by atoms with Crippen LogP contribution in [0, 0.1) is 23.2 Å². The Balaban J connectivity index is 2.14. The minimum absolute atomic E-state index is 0.343. The molecule has 0 spiro atoms. The molecule has 0 saturated heterocycles. The van der Waals surface area contributed by atoms with E-state index in [-0.39, 0.29) is 0 Å². The van der Waals surface area contributed by atoms with E-state index in [0.717, 1.165) is 18.1 Å². The summed E-state index contributed by atoms with van der Waals surface area (Å²) in [5.74, 6) is 2.01. The fourth-order valence-electron chi connectivity index (χ4n) is 3.36. The van der Waals surface area contributed by atoms with E-state index >= 15 is 0 Å². The van der Waals surface area contributed by atoms with Crippen molar-refractivity contribution in [2.45, 2.75) is 33.6 Å². The summed E-state index contributed by atoms with van der Waals surface area (Å²) in [6.07, 6.45) is 2.21. The molecule has 3 rings (SSSR count). The Morgan fingerprint density at radius 3 is 2.73 bits per heavy atom. The second kappa shape index (κ2) is 3.22. The first-order valence-electron chi connectivity index (χ1n) is 5.55. The van der Waals surface area contributed by atoms with Crippen LogP contribution in [0.15, 0.2) is 5.10 Å². The summed E-state index contributed by atoms with van der Waals surface area (Å²) in [7, 11) is 0. The normalized spacial score (nSPS) is 39.7. The lowest BCUT2D eigenvalue weighted by Gasteiger charge is -2.59. The summed E-state index contributed by atoms with van der Waals surface area (Å²) in [6, 6.07) is -0.575. The van der Waals surface area contributed by atoms with Gasteiger partial charge < -0.3 is 5.73 Å². The quantitative estimate of drug-likeness (QED) is 0.634. The van der Waals surface area contributed by atoms with Crippen molar-refractivity contribution in [3.05, 3.63) is 0 Å². The number of urea groups is 1. The van der Waals surface area contributed by atoms with Crippen molar-refractivity contribution in [1.82, 2.24) is 5.43 Å². The molecule has 3 aliphatic carbocycles. The molecule has 3 N–H and O–H groups in total. The van der Waals surface area contributed by atoms with Crippen LogP contribution in [0.25, 0.3) is 0 Å². The lowest BCUT2D eigenvalue weighted by Crippen LogP contribution is -2.56. The maximum atomic E-state index is 10.6. The Morgan fingerprint density at radius 2 is 2.27 bits per heavy atom. The lowest BCUT2D eigenvalue weighted by molar-refractivity contribution is -0.0342. The molecule has 3 aliphatic rings. The minimum Gasteiger partial charge on any atom is -0.350 e. The van der Waals surface area contributed by atoms with Gasteiger partial charge in [-0.1, -0.05) is 20.8 Å². The van der Waals surface area contributed by atoms with Gasteiger partial charge in [0.1, 0.15) is 0 Å². The highest BCUT2D eigenvalue weighted by Crippen LogP contribution is 2.59. The molecular weight excluding hydrogens is 190 g/mol. The van der Waals surface area contributed by atoms with Crippen LogP contribution in [0.5, 0.6) is 0 Å². The summed E-state index contributed by atoms with van der Waals surface area (Å²) < 4.78 is 0. The van der Waals surface area contributed by atoms with Crippen molar-refractivity contribution in [3.8, 4) is 0 Å². The molecule has 15 heavy (non-hydrogen) atoms. The predicted octanol–water partition coefficient (Wildman–Crippen LogP) is 1.71. The molecule has 0 aromatic heterocycles. The average molecular weight is 209 g/mol. The van der Waals surface area contributed by atoms with Crippen molar-refractivity contribution < 1.29 is 4.79 Å². The topological polar surface area (TPSA) is 67.5 Å². The fraction of sp³-hybridized carbons (Fsp3) is 0.818. The smallest absolute Gasteiger partial charge is 0.332 e. The molecule has 0 aromatic carbocycles. The van der Waals surface area contributed by atoms with Crippen molar-refractivity contribution in [3.63, 3.8) is 0 Å². The van der Waals surface area contributed by atoms with Crippen LogP contribution in [-0.4, -0.2) is 11.7 Å². The highest BCUT2D eigenvalue weighted by atomic mass is 16.2. The minimum atomic E-state index is -0.575. The molecule has 3 fully saturated rings. The number of amides is 2. The third-order valence-corrected chi connectivity index (χ3v) is 4.27. The van der Waals surface area contributed by atoms with E-state index in [4.69, 9.17) is 5.73 Å². The van der Waals surface area contributed by atoms with Gasteiger partial charge in [-0.3, -0.25) is 0 Å².